The molecule has 0 saturated heterocycles. The van der Waals surface area contributed by atoms with Crippen molar-refractivity contribution in [1.29, 1.82) is 5.26 Å². The summed E-state index contributed by atoms with van der Waals surface area (Å²) in [6, 6.07) is 5.66. The second-order valence-electron chi connectivity index (χ2n) is 4.31. The Morgan fingerprint density at radius 1 is 1.45 bits per heavy atom. The molecule has 0 atom stereocenters. The molecule has 1 amide bonds. The average molecular weight is 275 g/mol. The van der Waals surface area contributed by atoms with Gasteiger partial charge in [-0.05, 0) is 18.6 Å². The van der Waals surface area contributed by atoms with E-state index in [1.54, 1.807) is 13.0 Å². The van der Waals surface area contributed by atoms with Crippen molar-refractivity contribution in [2.24, 2.45) is 0 Å². The van der Waals surface area contributed by atoms with Gasteiger partial charge in [-0.2, -0.15) is 5.26 Å². The standard InChI is InChI=1S/C13H13N3O4/c1-8-4-5-11(16(19)20)9(6-8)12(17)10(7-14)13(18)15(2)3/h4-6,17H,1-3H3. The number of likely N-dealkylation sites (N-methyl/N-ethyl adjacent to an activating group) is 1. The molecule has 1 aromatic carbocycles. The Labute approximate surface area is 115 Å². The van der Waals surface area contributed by atoms with Crippen LogP contribution in [-0.2, 0) is 4.79 Å². The van der Waals surface area contributed by atoms with Crippen molar-refractivity contribution in [3.63, 3.8) is 0 Å². The first-order valence-corrected chi connectivity index (χ1v) is 5.60. The highest BCUT2D eigenvalue weighted by molar-refractivity contribution is 6.03. The van der Waals surface area contributed by atoms with E-state index in [1.165, 1.54) is 32.3 Å². The van der Waals surface area contributed by atoms with E-state index in [2.05, 4.69) is 0 Å². The summed E-state index contributed by atoms with van der Waals surface area (Å²) in [5.41, 5.74) is -0.399. The highest BCUT2D eigenvalue weighted by Crippen LogP contribution is 2.27. The summed E-state index contributed by atoms with van der Waals surface area (Å²) < 4.78 is 0. The average Bonchev–Trinajstić information content (AvgIpc) is 2.38. The SMILES string of the molecule is Cc1ccc([N+](=O)[O-])c(C(O)=C(C#N)C(=O)N(C)C)c1. The molecule has 7 heteroatoms. The van der Waals surface area contributed by atoms with Crippen molar-refractivity contribution in [2.45, 2.75) is 6.92 Å². The fourth-order valence-corrected chi connectivity index (χ4v) is 1.56. The largest absolute Gasteiger partial charge is 0.505 e. The van der Waals surface area contributed by atoms with Gasteiger partial charge in [-0.1, -0.05) is 6.07 Å². The minimum atomic E-state index is -0.721. The van der Waals surface area contributed by atoms with Crippen LogP contribution in [-0.4, -0.2) is 34.9 Å². The number of nitro benzene ring substituents is 1. The molecule has 0 heterocycles. The van der Waals surface area contributed by atoms with E-state index in [-0.39, 0.29) is 11.3 Å². The third kappa shape index (κ3) is 2.92. The predicted molar refractivity (Wildman–Crippen MR) is 71.7 cm³/mol. The van der Waals surface area contributed by atoms with Gasteiger partial charge < -0.3 is 10.0 Å². The van der Waals surface area contributed by atoms with Crippen LogP contribution in [0.5, 0.6) is 0 Å². The number of hydrogen-bond acceptors (Lipinski definition) is 5. The monoisotopic (exact) mass is 275 g/mol. The van der Waals surface area contributed by atoms with E-state index in [1.807, 2.05) is 0 Å². The van der Waals surface area contributed by atoms with Crippen molar-refractivity contribution in [2.75, 3.05) is 14.1 Å². The molecular formula is C13H13N3O4. The summed E-state index contributed by atoms with van der Waals surface area (Å²) in [6.45, 7) is 1.68. The van der Waals surface area contributed by atoms with Crippen molar-refractivity contribution in [3.8, 4) is 6.07 Å². The number of aryl methyl sites for hydroxylation is 1. The van der Waals surface area contributed by atoms with Crippen LogP contribution in [0.1, 0.15) is 11.1 Å². The van der Waals surface area contributed by atoms with Crippen LogP contribution in [0, 0.1) is 28.4 Å². The Balaban J connectivity index is 3.57. The molecule has 1 N–H and O–H groups in total. The van der Waals surface area contributed by atoms with Crippen LogP contribution >= 0.6 is 0 Å². The van der Waals surface area contributed by atoms with Crippen LogP contribution in [0.25, 0.3) is 5.76 Å². The van der Waals surface area contributed by atoms with Gasteiger partial charge in [0, 0.05) is 20.2 Å². The Kier molecular flexibility index (Phi) is 4.43. The topological polar surface area (TPSA) is 107 Å². The molecule has 1 aromatic rings. The zero-order valence-corrected chi connectivity index (χ0v) is 11.2. The molecule has 0 unspecified atom stereocenters. The molecule has 0 aliphatic rings. The normalized spacial score (nSPS) is 11.3. The smallest absolute Gasteiger partial charge is 0.280 e. The maximum Gasteiger partial charge on any atom is 0.280 e. The molecule has 20 heavy (non-hydrogen) atoms. The maximum absolute atomic E-state index is 11.8. The lowest BCUT2D eigenvalue weighted by Crippen LogP contribution is -2.24. The summed E-state index contributed by atoms with van der Waals surface area (Å²) in [5, 5.41) is 30.0. The van der Waals surface area contributed by atoms with Crippen molar-refractivity contribution >= 4 is 17.4 Å². The predicted octanol–water partition coefficient (Wildman–Crippen LogP) is 1.78. The van der Waals surface area contributed by atoms with E-state index < -0.39 is 22.2 Å². The molecule has 0 aromatic heterocycles. The number of hydrogen-bond donors (Lipinski definition) is 1. The van der Waals surface area contributed by atoms with Crippen LogP contribution in [0.3, 0.4) is 0 Å². The minimum absolute atomic E-state index is 0.151. The highest BCUT2D eigenvalue weighted by Gasteiger charge is 2.24. The number of aliphatic hydroxyl groups is 1. The van der Waals surface area contributed by atoms with Crippen LogP contribution in [0.15, 0.2) is 23.8 Å². The number of carbonyl (C=O) groups excluding carboxylic acids is 1. The van der Waals surface area contributed by atoms with Gasteiger partial charge >= 0.3 is 0 Å². The van der Waals surface area contributed by atoms with Gasteiger partial charge in [0.25, 0.3) is 11.6 Å². The van der Waals surface area contributed by atoms with Crippen molar-refractivity contribution in [1.82, 2.24) is 4.90 Å². The number of benzene rings is 1. The Morgan fingerprint density at radius 2 is 2.05 bits per heavy atom. The summed E-state index contributed by atoms with van der Waals surface area (Å²) in [7, 11) is 2.83. The second-order valence-corrected chi connectivity index (χ2v) is 4.31. The molecule has 0 aliphatic heterocycles. The quantitative estimate of drug-likeness (QED) is 0.297. The maximum atomic E-state index is 11.8. The Morgan fingerprint density at radius 3 is 2.50 bits per heavy atom. The van der Waals surface area contributed by atoms with Crippen LogP contribution in [0.4, 0.5) is 5.69 Å². The van der Waals surface area contributed by atoms with Gasteiger partial charge in [0.1, 0.15) is 6.07 Å². The molecular weight excluding hydrogens is 262 g/mol. The van der Waals surface area contributed by atoms with Gasteiger partial charge in [-0.25, -0.2) is 0 Å². The first-order valence-electron chi connectivity index (χ1n) is 5.60. The van der Waals surface area contributed by atoms with E-state index in [9.17, 15) is 20.0 Å². The number of nitrogens with zero attached hydrogens (tertiary/aromatic N) is 3. The Hall–Kier alpha value is -2.88. The van der Waals surface area contributed by atoms with Crippen LogP contribution in [0.2, 0.25) is 0 Å². The molecule has 1 rings (SSSR count). The van der Waals surface area contributed by atoms with Crippen molar-refractivity contribution in [3.05, 3.63) is 45.0 Å². The van der Waals surface area contributed by atoms with E-state index in [4.69, 9.17) is 5.26 Å². The van der Waals surface area contributed by atoms with Gasteiger partial charge in [0.2, 0.25) is 0 Å². The first-order chi connectivity index (χ1) is 9.29. The van der Waals surface area contributed by atoms with Gasteiger partial charge in [-0.3, -0.25) is 14.9 Å². The Bertz CT molecular complexity index is 642. The second kappa shape index (κ2) is 5.84. The number of carbonyl (C=O) groups is 1. The van der Waals surface area contributed by atoms with E-state index in [0.717, 1.165) is 4.90 Å². The third-order valence-electron chi connectivity index (χ3n) is 2.57. The number of rotatable bonds is 3. The molecule has 104 valence electrons. The third-order valence-corrected chi connectivity index (χ3v) is 2.57. The number of nitriles is 1. The molecule has 0 spiro atoms. The lowest BCUT2D eigenvalue weighted by Gasteiger charge is -2.11. The zero-order valence-electron chi connectivity index (χ0n) is 11.2. The van der Waals surface area contributed by atoms with E-state index in [0.29, 0.717) is 5.56 Å². The molecule has 7 nitrogen and oxygen atoms in total. The molecule has 0 radical (unpaired) electrons. The number of nitro groups is 1. The zero-order chi connectivity index (χ0) is 15.4. The summed E-state index contributed by atoms with van der Waals surface area (Å²) in [5.74, 6) is -1.41. The first kappa shape index (κ1) is 15.2. The summed E-state index contributed by atoms with van der Waals surface area (Å²) >= 11 is 0. The van der Waals surface area contributed by atoms with Gasteiger partial charge in [0.15, 0.2) is 11.3 Å². The molecule has 0 fully saturated rings. The number of aliphatic hydroxyl groups excluding tert-OH is 1. The fourth-order valence-electron chi connectivity index (χ4n) is 1.56. The van der Waals surface area contributed by atoms with Gasteiger partial charge in [-0.15, -0.1) is 0 Å². The molecule has 0 saturated carbocycles. The van der Waals surface area contributed by atoms with Crippen LogP contribution < -0.4 is 0 Å². The van der Waals surface area contributed by atoms with Gasteiger partial charge in [0.05, 0.1) is 10.5 Å². The lowest BCUT2D eigenvalue weighted by atomic mass is 10.0. The lowest BCUT2D eigenvalue weighted by molar-refractivity contribution is -0.385. The molecule has 0 aliphatic carbocycles. The van der Waals surface area contributed by atoms with E-state index >= 15 is 0 Å². The van der Waals surface area contributed by atoms with Crippen molar-refractivity contribution < 1.29 is 14.8 Å². The summed E-state index contributed by atoms with van der Waals surface area (Å²) in [6.07, 6.45) is 0. The minimum Gasteiger partial charge on any atom is -0.505 e. The highest BCUT2D eigenvalue weighted by atomic mass is 16.6. The molecule has 0 bridgehead atoms. The fraction of sp³-hybridized carbons (Fsp3) is 0.231. The number of amides is 1. The summed E-state index contributed by atoms with van der Waals surface area (Å²) in [4.78, 5) is 23.1.